The number of oxime groups is 1. The molecule has 2 aromatic carbocycles. The first-order valence-corrected chi connectivity index (χ1v) is 10.5. The van der Waals surface area contributed by atoms with Gasteiger partial charge in [-0.2, -0.15) is 0 Å². The highest BCUT2D eigenvalue weighted by atomic mass is 16.6. The predicted octanol–water partition coefficient (Wildman–Crippen LogP) is 4.54. The van der Waals surface area contributed by atoms with Crippen LogP contribution in [0.15, 0.2) is 65.8 Å². The fourth-order valence-corrected chi connectivity index (χ4v) is 3.44. The minimum atomic E-state index is 0.664. The van der Waals surface area contributed by atoms with Crippen LogP contribution in [0, 0.1) is 0 Å². The first kappa shape index (κ1) is 20.6. The van der Waals surface area contributed by atoms with E-state index in [9.17, 15) is 0 Å². The molecule has 0 saturated carbocycles. The Balaban J connectivity index is 1.42. The maximum absolute atomic E-state index is 5.69. The molecular weight excluding hydrogens is 348 g/mol. The second-order valence-corrected chi connectivity index (χ2v) is 7.24. The Morgan fingerprint density at radius 1 is 0.893 bits per heavy atom. The molecule has 1 heterocycles. The number of ether oxygens (including phenoxy) is 1. The summed E-state index contributed by atoms with van der Waals surface area (Å²) in [7, 11) is 0. The summed E-state index contributed by atoms with van der Waals surface area (Å²) in [6.45, 7) is 5.47. The lowest BCUT2D eigenvalue weighted by Crippen LogP contribution is -2.37. The zero-order valence-electron chi connectivity index (χ0n) is 16.8. The van der Waals surface area contributed by atoms with Gasteiger partial charge in [-0.05, 0) is 43.2 Å². The zero-order valence-corrected chi connectivity index (χ0v) is 16.8. The average Bonchev–Trinajstić information content (AvgIpc) is 2.77. The summed E-state index contributed by atoms with van der Waals surface area (Å²) in [4.78, 5) is 8.12. The Kier molecular flexibility index (Phi) is 9.05. The van der Waals surface area contributed by atoms with Gasteiger partial charge in [0.15, 0.2) is 0 Å². The Morgan fingerprint density at radius 3 is 2.36 bits per heavy atom. The van der Waals surface area contributed by atoms with Crippen molar-refractivity contribution in [3.8, 4) is 0 Å². The summed E-state index contributed by atoms with van der Waals surface area (Å²) in [5, 5.41) is 4.49. The monoisotopic (exact) mass is 380 g/mol. The number of hydrogen-bond acceptors (Lipinski definition) is 4. The smallest absolute Gasteiger partial charge is 0.118 e. The number of aryl methyl sites for hydroxylation is 1. The molecule has 1 fully saturated rings. The average molecular weight is 381 g/mol. The normalized spacial score (nSPS) is 15.5. The van der Waals surface area contributed by atoms with Crippen molar-refractivity contribution in [2.24, 2.45) is 5.16 Å². The molecule has 0 aliphatic carbocycles. The van der Waals surface area contributed by atoms with Gasteiger partial charge in [-0.1, -0.05) is 65.8 Å². The van der Waals surface area contributed by atoms with Gasteiger partial charge in [-0.3, -0.25) is 4.90 Å². The highest BCUT2D eigenvalue weighted by Gasteiger charge is 2.09. The predicted molar refractivity (Wildman–Crippen MR) is 115 cm³/mol. The van der Waals surface area contributed by atoms with Crippen LogP contribution in [0.1, 0.15) is 36.8 Å². The van der Waals surface area contributed by atoms with Crippen molar-refractivity contribution >= 4 is 5.71 Å². The third kappa shape index (κ3) is 7.45. The molecule has 28 heavy (non-hydrogen) atoms. The fourth-order valence-electron chi connectivity index (χ4n) is 3.44. The lowest BCUT2D eigenvalue weighted by molar-refractivity contribution is 0.0322. The molecule has 150 valence electrons. The molecule has 3 rings (SSSR count). The summed E-state index contributed by atoms with van der Waals surface area (Å²) in [6.07, 6.45) is 5.33. The lowest BCUT2D eigenvalue weighted by atomic mass is 10.0. The molecule has 4 nitrogen and oxygen atoms in total. The number of unbranched alkanes of at least 4 members (excludes halogenated alkanes) is 1. The van der Waals surface area contributed by atoms with E-state index >= 15 is 0 Å². The molecule has 0 atom stereocenters. The van der Waals surface area contributed by atoms with Crippen molar-refractivity contribution in [2.45, 2.75) is 32.1 Å². The van der Waals surface area contributed by atoms with Crippen LogP contribution in [0.2, 0.25) is 0 Å². The Bertz CT molecular complexity index is 682. The van der Waals surface area contributed by atoms with Gasteiger partial charge in [0.1, 0.15) is 6.61 Å². The first-order chi connectivity index (χ1) is 13.9. The number of rotatable bonds is 11. The summed E-state index contributed by atoms with van der Waals surface area (Å²) in [5.74, 6) is 0. The van der Waals surface area contributed by atoms with Crippen LogP contribution >= 0.6 is 0 Å². The van der Waals surface area contributed by atoms with Crippen LogP contribution in [-0.2, 0) is 16.0 Å². The van der Waals surface area contributed by atoms with Crippen molar-refractivity contribution in [2.75, 3.05) is 39.5 Å². The standard InChI is InChI=1S/C24H32N2O2/c1-3-10-22(11-4-1)12-7-8-15-24(23-13-5-2-6-14-23)25-28-19-9-16-26-17-20-27-21-18-26/h1-6,10-11,13-14H,7-9,12,15-21H2. The van der Waals surface area contributed by atoms with Crippen LogP contribution in [0.25, 0.3) is 0 Å². The molecule has 4 heteroatoms. The second-order valence-electron chi connectivity index (χ2n) is 7.24. The molecular formula is C24H32N2O2. The maximum Gasteiger partial charge on any atom is 0.118 e. The highest BCUT2D eigenvalue weighted by molar-refractivity contribution is 6.00. The quantitative estimate of drug-likeness (QED) is 0.326. The number of nitrogens with zero attached hydrogens (tertiary/aromatic N) is 2. The molecule has 0 unspecified atom stereocenters. The summed E-state index contributed by atoms with van der Waals surface area (Å²) in [5.41, 5.74) is 3.62. The molecule has 0 bridgehead atoms. The minimum Gasteiger partial charge on any atom is -0.396 e. The van der Waals surface area contributed by atoms with Crippen LogP contribution in [0.5, 0.6) is 0 Å². The first-order valence-electron chi connectivity index (χ1n) is 10.5. The van der Waals surface area contributed by atoms with Crippen molar-refractivity contribution < 1.29 is 9.57 Å². The zero-order chi connectivity index (χ0) is 19.3. The third-order valence-corrected chi connectivity index (χ3v) is 5.07. The summed E-state index contributed by atoms with van der Waals surface area (Å²) in [6, 6.07) is 21.1. The van der Waals surface area contributed by atoms with Crippen LogP contribution < -0.4 is 0 Å². The van der Waals surface area contributed by atoms with E-state index in [1.807, 2.05) is 6.07 Å². The molecule has 0 N–H and O–H groups in total. The van der Waals surface area contributed by atoms with E-state index in [1.165, 1.54) is 5.56 Å². The van der Waals surface area contributed by atoms with Gasteiger partial charge in [0, 0.05) is 19.6 Å². The summed E-state index contributed by atoms with van der Waals surface area (Å²) >= 11 is 0. The molecule has 0 radical (unpaired) electrons. The SMILES string of the molecule is c1ccc(CCCCC(=NOCCCN2CCOCC2)c2ccccc2)cc1. The van der Waals surface area contributed by atoms with Gasteiger partial charge in [0.05, 0.1) is 18.9 Å². The van der Waals surface area contributed by atoms with E-state index in [4.69, 9.17) is 9.57 Å². The van der Waals surface area contributed by atoms with Gasteiger partial charge < -0.3 is 9.57 Å². The Morgan fingerprint density at radius 2 is 1.61 bits per heavy atom. The summed E-state index contributed by atoms with van der Waals surface area (Å²) < 4.78 is 5.39. The largest absolute Gasteiger partial charge is 0.396 e. The molecule has 0 aromatic heterocycles. The van der Waals surface area contributed by atoms with Gasteiger partial charge in [0.25, 0.3) is 0 Å². The van der Waals surface area contributed by atoms with Crippen molar-refractivity contribution in [3.63, 3.8) is 0 Å². The number of hydrogen-bond donors (Lipinski definition) is 0. The molecule has 2 aromatic rings. The van der Waals surface area contributed by atoms with Crippen LogP contribution in [0.4, 0.5) is 0 Å². The molecule has 1 saturated heterocycles. The van der Waals surface area contributed by atoms with E-state index in [0.717, 1.165) is 76.2 Å². The second kappa shape index (κ2) is 12.3. The number of morpholine rings is 1. The van der Waals surface area contributed by atoms with Gasteiger partial charge in [0.2, 0.25) is 0 Å². The fraction of sp³-hybridized carbons (Fsp3) is 0.458. The highest BCUT2D eigenvalue weighted by Crippen LogP contribution is 2.12. The molecule has 1 aliphatic heterocycles. The van der Waals surface area contributed by atoms with Crippen LogP contribution in [-0.4, -0.2) is 50.1 Å². The Hall–Kier alpha value is -2.17. The minimum absolute atomic E-state index is 0.664. The molecule has 0 amide bonds. The van der Waals surface area contributed by atoms with E-state index < -0.39 is 0 Å². The van der Waals surface area contributed by atoms with Crippen LogP contribution in [0.3, 0.4) is 0 Å². The molecule has 1 aliphatic rings. The van der Waals surface area contributed by atoms with Gasteiger partial charge >= 0.3 is 0 Å². The molecule has 0 spiro atoms. The van der Waals surface area contributed by atoms with E-state index in [1.54, 1.807) is 0 Å². The lowest BCUT2D eigenvalue weighted by Gasteiger charge is -2.26. The topological polar surface area (TPSA) is 34.1 Å². The Labute approximate surface area is 169 Å². The number of benzene rings is 2. The van der Waals surface area contributed by atoms with Crippen molar-refractivity contribution in [1.82, 2.24) is 4.90 Å². The maximum atomic E-state index is 5.69. The van der Waals surface area contributed by atoms with E-state index in [0.29, 0.717) is 6.61 Å². The van der Waals surface area contributed by atoms with Gasteiger partial charge in [-0.15, -0.1) is 0 Å². The van der Waals surface area contributed by atoms with E-state index in [-0.39, 0.29) is 0 Å². The van der Waals surface area contributed by atoms with Crippen molar-refractivity contribution in [3.05, 3.63) is 71.8 Å². The van der Waals surface area contributed by atoms with E-state index in [2.05, 4.69) is 64.7 Å². The third-order valence-electron chi connectivity index (χ3n) is 5.07. The van der Waals surface area contributed by atoms with Gasteiger partial charge in [-0.25, -0.2) is 0 Å². The van der Waals surface area contributed by atoms with Crippen molar-refractivity contribution in [1.29, 1.82) is 0 Å².